The Morgan fingerprint density at radius 3 is 2.57 bits per heavy atom. The third-order valence-electron chi connectivity index (χ3n) is 3.30. The minimum atomic E-state index is 0.0757. The second-order valence-corrected chi connectivity index (χ2v) is 7.41. The van der Waals surface area contributed by atoms with E-state index in [1.807, 2.05) is 24.4 Å². The van der Waals surface area contributed by atoms with Crippen molar-refractivity contribution in [2.45, 2.75) is 40.2 Å². The maximum Gasteiger partial charge on any atom is 0.121 e. The van der Waals surface area contributed by atoms with Gasteiger partial charge in [0.15, 0.2) is 0 Å². The van der Waals surface area contributed by atoms with Crippen LogP contribution in [0.3, 0.4) is 0 Å². The lowest BCUT2D eigenvalue weighted by atomic mass is 9.93. The zero-order valence-corrected chi connectivity index (χ0v) is 13.7. The van der Waals surface area contributed by atoms with Gasteiger partial charge in [-0.15, -0.1) is 0 Å². The fraction of sp³-hybridized carbons (Fsp3) is 0.500. The van der Waals surface area contributed by atoms with Crippen LogP contribution < -0.4 is 10.1 Å². The molecule has 2 rings (SSSR count). The van der Waals surface area contributed by atoms with Gasteiger partial charge in [0.1, 0.15) is 5.75 Å². The summed E-state index contributed by atoms with van der Waals surface area (Å²) >= 11 is 0. The Morgan fingerprint density at radius 2 is 1.86 bits per heavy atom. The van der Waals surface area contributed by atoms with Crippen LogP contribution in [0.15, 0.2) is 36.5 Å². The summed E-state index contributed by atoms with van der Waals surface area (Å²) in [6.07, 6.45) is 1.81. The molecule has 0 saturated carbocycles. The van der Waals surface area contributed by atoms with E-state index in [9.17, 15) is 0 Å². The van der Waals surface area contributed by atoms with Crippen LogP contribution in [0.2, 0.25) is 0 Å². The number of rotatable bonds is 5. The predicted molar refractivity (Wildman–Crippen MR) is 88.8 cm³/mol. The number of aromatic nitrogens is 1. The minimum absolute atomic E-state index is 0.0757. The van der Waals surface area contributed by atoms with Gasteiger partial charge < -0.3 is 10.1 Å². The molecule has 3 nitrogen and oxygen atoms in total. The molecule has 1 aromatic carbocycles. The quantitative estimate of drug-likeness (QED) is 0.901. The van der Waals surface area contributed by atoms with Crippen molar-refractivity contribution in [3.05, 3.63) is 36.5 Å². The highest BCUT2D eigenvalue weighted by Gasteiger charge is 2.21. The number of nitrogens with one attached hydrogen (secondary N) is 1. The molecule has 0 aliphatic carbocycles. The van der Waals surface area contributed by atoms with Gasteiger partial charge in [0.25, 0.3) is 0 Å². The minimum Gasteiger partial charge on any atom is -0.493 e. The van der Waals surface area contributed by atoms with Crippen LogP contribution in [0, 0.1) is 5.41 Å². The molecule has 21 heavy (non-hydrogen) atoms. The van der Waals surface area contributed by atoms with E-state index in [2.05, 4.69) is 57.1 Å². The highest BCUT2D eigenvalue weighted by atomic mass is 16.5. The molecule has 0 aliphatic rings. The topological polar surface area (TPSA) is 34.1 Å². The van der Waals surface area contributed by atoms with Crippen molar-refractivity contribution in [2.75, 3.05) is 13.2 Å². The Labute approximate surface area is 127 Å². The molecule has 0 radical (unpaired) electrons. The molecular formula is C18H26N2O. The van der Waals surface area contributed by atoms with E-state index in [0.29, 0.717) is 6.61 Å². The maximum absolute atomic E-state index is 5.96. The van der Waals surface area contributed by atoms with Crippen molar-refractivity contribution in [3.63, 3.8) is 0 Å². The van der Waals surface area contributed by atoms with Gasteiger partial charge in [0.2, 0.25) is 0 Å². The van der Waals surface area contributed by atoms with E-state index in [4.69, 9.17) is 4.74 Å². The maximum atomic E-state index is 5.96. The van der Waals surface area contributed by atoms with Gasteiger partial charge in [-0.2, -0.15) is 0 Å². The van der Waals surface area contributed by atoms with Gasteiger partial charge in [0, 0.05) is 35.1 Å². The molecule has 0 saturated heterocycles. The van der Waals surface area contributed by atoms with Crippen LogP contribution in [-0.2, 0) is 0 Å². The van der Waals surface area contributed by atoms with Crippen molar-refractivity contribution in [1.29, 1.82) is 0 Å². The van der Waals surface area contributed by atoms with Crippen LogP contribution in [0.25, 0.3) is 10.9 Å². The summed E-state index contributed by atoms with van der Waals surface area (Å²) in [5.41, 5.74) is 1.18. The van der Waals surface area contributed by atoms with E-state index in [-0.39, 0.29) is 11.0 Å². The number of ether oxygens (including phenoxy) is 1. The second-order valence-electron chi connectivity index (χ2n) is 7.41. The highest BCUT2D eigenvalue weighted by Crippen LogP contribution is 2.22. The first-order valence-corrected chi connectivity index (χ1v) is 7.48. The summed E-state index contributed by atoms with van der Waals surface area (Å²) in [4.78, 5) is 4.36. The van der Waals surface area contributed by atoms with E-state index in [1.165, 1.54) is 0 Å². The largest absolute Gasteiger partial charge is 0.493 e. The number of pyridine rings is 1. The monoisotopic (exact) mass is 286 g/mol. The van der Waals surface area contributed by atoms with Gasteiger partial charge in [0.05, 0.1) is 12.1 Å². The van der Waals surface area contributed by atoms with Gasteiger partial charge >= 0.3 is 0 Å². The Bertz CT molecular complexity index is 599. The Kier molecular flexibility index (Phi) is 4.52. The number of fused-ring (bicyclic) bond motifs is 1. The Morgan fingerprint density at radius 1 is 1.10 bits per heavy atom. The van der Waals surface area contributed by atoms with Gasteiger partial charge in [-0.05, 0) is 39.0 Å². The molecule has 3 heteroatoms. The number of nitrogens with zero attached hydrogens (tertiary/aromatic N) is 1. The number of hydrogen-bond donors (Lipinski definition) is 1. The molecule has 0 amide bonds. The third kappa shape index (κ3) is 5.01. The molecule has 0 atom stereocenters. The first-order chi connectivity index (χ1) is 9.75. The summed E-state index contributed by atoms with van der Waals surface area (Å²) in [6.45, 7) is 12.6. The molecule has 0 spiro atoms. The van der Waals surface area contributed by atoms with Crippen molar-refractivity contribution in [1.82, 2.24) is 10.3 Å². The molecular weight excluding hydrogens is 260 g/mol. The average Bonchev–Trinajstić information content (AvgIpc) is 2.42. The highest BCUT2D eigenvalue weighted by molar-refractivity contribution is 5.79. The molecule has 1 aromatic heterocycles. The zero-order chi connectivity index (χ0) is 15.5. The van der Waals surface area contributed by atoms with E-state index in [1.54, 1.807) is 0 Å². The first-order valence-electron chi connectivity index (χ1n) is 7.48. The van der Waals surface area contributed by atoms with Crippen LogP contribution in [0.1, 0.15) is 34.6 Å². The van der Waals surface area contributed by atoms with Crippen molar-refractivity contribution < 1.29 is 4.74 Å². The van der Waals surface area contributed by atoms with Crippen LogP contribution >= 0.6 is 0 Å². The van der Waals surface area contributed by atoms with Crippen molar-refractivity contribution in [3.8, 4) is 5.75 Å². The van der Waals surface area contributed by atoms with Crippen LogP contribution in [0.5, 0.6) is 5.75 Å². The average molecular weight is 286 g/mol. The lowest BCUT2D eigenvalue weighted by molar-refractivity contribution is 0.166. The van der Waals surface area contributed by atoms with Gasteiger partial charge in [-0.25, -0.2) is 0 Å². The molecule has 1 N–H and O–H groups in total. The fourth-order valence-electron chi connectivity index (χ4n) is 1.97. The standard InChI is InChI=1S/C18H26N2O/c1-17(2,3)20-12-18(4,5)13-21-15-9-8-14-7-6-10-19-16(14)11-15/h6-11,20H,12-13H2,1-5H3. The fourth-order valence-corrected chi connectivity index (χ4v) is 1.97. The van der Waals surface area contributed by atoms with Crippen LogP contribution in [-0.4, -0.2) is 23.7 Å². The summed E-state index contributed by atoms with van der Waals surface area (Å²) in [6, 6.07) is 10.1. The lowest BCUT2D eigenvalue weighted by Gasteiger charge is -2.30. The SMILES string of the molecule is CC(C)(CNC(C)(C)C)COc1ccc2cccnc2c1. The summed E-state index contributed by atoms with van der Waals surface area (Å²) in [5, 5.41) is 4.67. The normalized spacial score (nSPS) is 12.6. The molecule has 1 heterocycles. The van der Waals surface area contributed by atoms with Crippen molar-refractivity contribution in [2.24, 2.45) is 5.41 Å². The van der Waals surface area contributed by atoms with E-state index in [0.717, 1.165) is 23.2 Å². The summed E-state index contributed by atoms with van der Waals surface area (Å²) in [5.74, 6) is 0.880. The lowest BCUT2D eigenvalue weighted by Crippen LogP contribution is -2.43. The predicted octanol–water partition coefficient (Wildman–Crippen LogP) is 4.03. The number of hydrogen-bond acceptors (Lipinski definition) is 3. The van der Waals surface area contributed by atoms with Gasteiger partial charge in [-0.3, -0.25) is 4.98 Å². The molecule has 0 unspecified atom stereocenters. The summed E-state index contributed by atoms with van der Waals surface area (Å²) in [7, 11) is 0. The molecule has 0 aliphatic heterocycles. The van der Waals surface area contributed by atoms with Crippen molar-refractivity contribution >= 4 is 10.9 Å². The van der Waals surface area contributed by atoms with E-state index < -0.39 is 0 Å². The molecule has 114 valence electrons. The zero-order valence-electron chi connectivity index (χ0n) is 13.7. The smallest absolute Gasteiger partial charge is 0.121 e. The summed E-state index contributed by atoms with van der Waals surface area (Å²) < 4.78 is 5.96. The second kappa shape index (κ2) is 6.02. The Hall–Kier alpha value is -1.61. The number of benzene rings is 1. The third-order valence-corrected chi connectivity index (χ3v) is 3.30. The Balaban J connectivity index is 1.97. The first kappa shape index (κ1) is 15.8. The molecule has 0 fully saturated rings. The van der Waals surface area contributed by atoms with E-state index >= 15 is 0 Å². The molecule has 0 bridgehead atoms. The van der Waals surface area contributed by atoms with Crippen LogP contribution in [0.4, 0.5) is 0 Å². The molecule has 2 aromatic rings. The van der Waals surface area contributed by atoms with Gasteiger partial charge in [-0.1, -0.05) is 19.9 Å².